The molecule has 0 saturated heterocycles. The van der Waals surface area contributed by atoms with E-state index in [9.17, 15) is 4.39 Å². The molecule has 0 saturated carbocycles. The lowest BCUT2D eigenvalue weighted by Crippen LogP contribution is -2.25. The molecule has 21 heavy (non-hydrogen) atoms. The second-order valence-electron chi connectivity index (χ2n) is 5.29. The second-order valence-corrected chi connectivity index (χ2v) is 6.43. The molecule has 0 aliphatic heterocycles. The lowest BCUT2D eigenvalue weighted by molar-refractivity contribution is 0.324. The molecule has 0 spiro atoms. The van der Waals surface area contributed by atoms with E-state index in [-0.39, 0.29) is 11.9 Å². The Bertz CT molecular complexity index is 433. The van der Waals surface area contributed by atoms with Gasteiger partial charge in [0, 0.05) is 23.2 Å². The van der Waals surface area contributed by atoms with E-state index >= 15 is 0 Å². The highest BCUT2D eigenvalue weighted by Gasteiger charge is 2.13. The lowest BCUT2D eigenvalue weighted by atomic mass is 10.1. The molecule has 0 bridgehead atoms. The predicted octanol–water partition coefficient (Wildman–Crippen LogP) is 4.24. The van der Waals surface area contributed by atoms with Crippen molar-refractivity contribution in [3.8, 4) is 0 Å². The lowest BCUT2D eigenvalue weighted by Gasteiger charge is -2.20. The summed E-state index contributed by atoms with van der Waals surface area (Å²) >= 11 is 1.83. The zero-order valence-corrected chi connectivity index (χ0v) is 14.8. The number of nitrogens with zero attached hydrogens (tertiary/aromatic N) is 1. The maximum absolute atomic E-state index is 13.9. The molecule has 1 unspecified atom stereocenters. The van der Waals surface area contributed by atoms with Gasteiger partial charge in [-0.1, -0.05) is 20.8 Å². The van der Waals surface area contributed by atoms with Crippen molar-refractivity contribution in [3.63, 3.8) is 0 Å². The first-order valence-corrected chi connectivity index (χ1v) is 8.90. The number of aryl methyl sites for hydroxylation is 1. The molecule has 1 aromatic carbocycles. The topological polar surface area (TPSA) is 15.3 Å². The van der Waals surface area contributed by atoms with Crippen LogP contribution in [0.4, 0.5) is 4.39 Å². The molecule has 1 N–H and O–H groups in total. The van der Waals surface area contributed by atoms with E-state index in [1.54, 1.807) is 6.07 Å². The van der Waals surface area contributed by atoms with E-state index in [2.05, 4.69) is 37.9 Å². The number of thioether (sulfide) groups is 1. The average Bonchev–Trinajstić information content (AvgIpc) is 2.47. The first-order valence-electron chi connectivity index (χ1n) is 7.91. The van der Waals surface area contributed by atoms with Gasteiger partial charge in [-0.2, -0.15) is 0 Å². The van der Waals surface area contributed by atoms with Crippen LogP contribution in [-0.2, 0) is 0 Å². The second kappa shape index (κ2) is 9.44. The largest absolute Gasteiger partial charge is 0.310 e. The van der Waals surface area contributed by atoms with Gasteiger partial charge in [-0.3, -0.25) is 0 Å². The number of rotatable bonds is 9. The number of nitrogens with one attached hydrogen (secondary N) is 1. The van der Waals surface area contributed by atoms with Crippen molar-refractivity contribution in [1.29, 1.82) is 0 Å². The highest BCUT2D eigenvalue weighted by Crippen LogP contribution is 2.30. The first-order chi connectivity index (χ1) is 10.0. The summed E-state index contributed by atoms with van der Waals surface area (Å²) in [6.07, 6.45) is 0. The molecule has 0 aliphatic carbocycles. The molecule has 0 aliphatic rings. The molecular weight excluding hydrogens is 283 g/mol. The molecule has 4 heteroatoms. The van der Waals surface area contributed by atoms with Crippen LogP contribution in [0.1, 0.15) is 44.9 Å². The Balaban J connectivity index is 2.81. The average molecular weight is 312 g/mol. The molecule has 1 rings (SSSR count). The van der Waals surface area contributed by atoms with Crippen molar-refractivity contribution in [2.75, 3.05) is 31.9 Å². The van der Waals surface area contributed by atoms with Gasteiger partial charge in [-0.25, -0.2) is 4.39 Å². The molecule has 120 valence electrons. The molecular formula is C17H29FN2S. The summed E-state index contributed by atoms with van der Waals surface area (Å²) in [4.78, 5) is 3.62. The molecule has 0 fully saturated rings. The first kappa shape index (κ1) is 18.5. The predicted molar refractivity (Wildman–Crippen MR) is 91.7 cm³/mol. The van der Waals surface area contributed by atoms with Crippen LogP contribution in [-0.4, -0.2) is 36.8 Å². The van der Waals surface area contributed by atoms with Crippen molar-refractivity contribution >= 4 is 11.8 Å². The highest BCUT2D eigenvalue weighted by molar-refractivity contribution is 7.99. The monoisotopic (exact) mass is 312 g/mol. The van der Waals surface area contributed by atoms with Gasteiger partial charge in [0.15, 0.2) is 0 Å². The van der Waals surface area contributed by atoms with E-state index in [0.29, 0.717) is 0 Å². The minimum absolute atomic E-state index is 0.108. The Labute approximate surface area is 133 Å². The zero-order valence-electron chi connectivity index (χ0n) is 14.0. The van der Waals surface area contributed by atoms with Crippen molar-refractivity contribution in [2.24, 2.45) is 0 Å². The molecule has 0 heterocycles. The van der Waals surface area contributed by atoms with Crippen LogP contribution >= 0.6 is 11.8 Å². The van der Waals surface area contributed by atoms with Gasteiger partial charge in [-0.05, 0) is 56.7 Å². The standard InChI is InChI=1S/C17H29FN2S/c1-6-19-14(5)15-12-16(18)13(4)11-17(15)21-10-9-20(7-2)8-3/h11-12,14,19H,6-10H2,1-5H3. The SMILES string of the molecule is CCNC(C)c1cc(F)c(C)cc1SCCN(CC)CC. The Kier molecular flexibility index (Phi) is 8.30. The van der Waals surface area contributed by atoms with Crippen LogP contribution < -0.4 is 5.32 Å². The summed E-state index contributed by atoms with van der Waals surface area (Å²) in [5, 5.41) is 3.38. The van der Waals surface area contributed by atoms with Gasteiger partial charge in [0.1, 0.15) is 5.82 Å². The number of hydrogen-bond donors (Lipinski definition) is 1. The Hall–Kier alpha value is -0.580. The molecule has 1 atom stereocenters. The van der Waals surface area contributed by atoms with E-state index in [1.807, 2.05) is 24.8 Å². The van der Waals surface area contributed by atoms with Crippen molar-refractivity contribution in [3.05, 3.63) is 29.1 Å². The van der Waals surface area contributed by atoms with Gasteiger partial charge in [0.05, 0.1) is 0 Å². The molecule has 2 nitrogen and oxygen atoms in total. The Morgan fingerprint density at radius 3 is 2.48 bits per heavy atom. The maximum Gasteiger partial charge on any atom is 0.126 e. The third-order valence-corrected chi connectivity index (χ3v) is 4.88. The highest BCUT2D eigenvalue weighted by atomic mass is 32.2. The quantitative estimate of drug-likeness (QED) is 0.687. The van der Waals surface area contributed by atoms with Gasteiger partial charge in [0.25, 0.3) is 0 Å². The van der Waals surface area contributed by atoms with Crippen LogP contribution in [0.25, 0.3) is 0 Å². The summed E-state index contributed by atoms with van der Waals surface area (Å²) in [6, 6.07) is 3.87. The zero-order chi connectivity index (χ0) is 15.8. The van der Waals surface area contributed by atoms with Crippen molar-refractivity contribution in [1.82, 2.24) is 10.2 Å². The molecule has 1 aromatic rings. The van der Waals surface area contributed by atoms with Gasteiger partial charge >= 0.3 is 0 Å². The van der Waals surface area contributed by atoms with Crippen molar-refractivity contribution in [2.45, 2.75) is 45.6 Å². The fourth-order valence-corrected chi connectivity index (χ4v) is 3.61. The van der Waals surface area contributed by atoms with Crippen LogP contribution in [0.2, 0.25) is 0 Å². The Morgan fingerprint density at radius 2 is 1.90 bits per heavy atom. The van der Waals surface area contributed by atoms with Gasteiger partial charge in [-0.15, -0.1) is 11.8 Å². The van der Waals surface area contributed by atoms with E-state index in [1.165, 1.54) is 4.90 Å². The molecule has 0 aromatic heterocycles. The maximum atomic E-state index is 13.9. The smallest absolute Gasteiger partial charge is 0.126 e. The Morgan fingerprint density at radius 1 is 1.24 bits per heavy atom. The van der Waals surface area contributed by atoms with Crippen molar-refractivity contribution < 1.29 is 4.39 Å². The summed E-state index contributed by atoms with van der Waals surface area (Å²) in [5.74, 6) is 0.932. The van der Waals surface area contributed by atoms with Gasteiger partial charge < -0.3 is 10.2 Å². The fourth-order valence-electron chi connectivity index (χ4n) is 2.37. The third kappa shape index (κ3) is 5.61. The van der Waals surface area contributed by atoms with E-state index in [4.69, 9.17) is 0 Å². The number of hydrogen-bond acceptors (Lipinski definition) is 3. The fraction of sp³-hybridized carbons (Fsp3) is 0.647. The minimum Gasteiger partial charge on any atom is -0.310 e. The number of halogens is 1. The normalized spacial score (nSPS) is 12.9. The van der Waals surface area contributed by atoms with E-state index in [0.717, 1.165) is 43.1 Å². The van der Waals surface area contributed by atoms with E-state index < -0.39 is 0 Å². The minimum atomic E-state index is -0.108. The van der Waals surface area contributed by atoms with Crippen LogP contribution in [0.5, 0.6) is 0 Å². The number of benzene rings is 1. The van der Waals surface area contributed by atoms with Crippen LogP contribution in [0.3, 0.4) is 0 Å². The molecule has 0 radical (unpaired) electrons. The summed E-state index contributed by atoms with van der Waals surface area (Å²) in [5.41, 5.74) is 1.80. The molecule has 0 amide bonds. The van der Waals surface area contributed by atoms with Crippen LogP contribution in [0.15, 0.2) is 17.0 Å². The summed E-state index contributed by atoms with van der Waals surface area (Å²) in [6.45, 7) is 14.5. The summed E-state index contributed by atoms with van der Waals surface area (Å²) in [7, 11) is 0. The van der Waals surface area contributed by atoms with Crippen LogP contribution in [0, 0.1) is 12.7 Å². The third-order valence-electron chi connectivity index (χ3n) is 3.83. The van der Waals surface area contributed by atoms with Gasteiger partial charge in [0.2, 0.25) is 0 Å². The summed E-state index contributed by atoms with van der Waals surface area (Å²) < 4.78 is 13.9.